The van der Waals surface area contributed by atoms with Gasteiger partial charge in [-0.3, -0.25) is 30.5 Å². The number of hydrogen-bond donors (Lipinski definition) is 4. The summed E-state index contributed by atoms with van der Waals surface area (Å²) in [5, 5.41) is 19.0. The van der Waals surface area contributed by atoms with Crippen LogP contribution in [0.2, 0.25) is 5.28 Å². The number of anilines is 2. The Labute approximate surface area is 203 Å². The molecule has 3 rings (SSSR count). The number of aromatic nitrogens is 2. The maximum atomic E-state index is 15.3. The van der Waals surface area contributed by atoms with Crippen molar-refractivity contribution in [3.63, 3.8) is 0 Å². The minimum Gasteiger partial charge on any atom is -0.395 e. The van der Waals surface area contributed by atoms with E-state index in [-0.39, 0.29) is 42.5 Å². The standard InChI is InChI=1S/C21H33ClFN7O4/c1-14-11-28(8-9-31)6-7-30(14)19-17(23)18(24-21(22)25-19)26-27-20(33)16(12-29(34)13-32)10-15-4-2-3-5-15/h13-16,31,34H,2-12H2,1H3,(H,27,33)(H,24,25,26)/t14-,16+/m1/s1. The molecule has 1 saturated carbocycles. The summed E-state index contributed by atoms with van der Waals surface area (Å²) >= 11 is 6.06. The second-order valence-corrected chi connectivity index (χ2v) is 9.31. The maximum absolute atomic E-state index is 15.3. The number of rotatable bonds is 11. The van der Waals surface area contributed by atoms with Crippen LogP contribution in [0.3, 0.4) is 0 Å². The Hall–Kier alpha value is -2.28. The molecule has 1 saturated heterocycles. The van der Waals surface area contributed by atoms with Crippen LogP contribution in [-0.4, -0.2) is 87.9 Å². The number of halogens is 2. The van der Waals surface area contributed by atoms with E-state index in [9.17, 15) is 14.8 Å². The van der Waals surface area contributed by atoms with Crippen molar-refractivity contribution in [2.75, 3.05) is 49.7 Å². The molecule has 13 heteroatoms. The van der Waals surface area contributed by atoms with Crippen LogP contribution in [0.5, 0.6) is 0 Å². The first-order valence-electron chi connectivity index (χ1n) is 11.6. The van der Waals surface area contributed by atoms with Crippen LogP contribution in [0.15, 0.2) is 0 Å². The van der Waals surface area contributed by atoms with Gasteiger partial charge in [0.25, 0.3) is 0 Å². The van der Waals surface area contributed by atoms with Crippen molar-refractivity contribution in [1.82, 2.24) is 25.4 Å². The number of piperazine rings is 1. The number of hydroxylamine groups is 2. The normalized spacial score (nSPS) is 20.3. The topological polar surface area (TPSA) is 134 Å². The molecular formula is C21H33ClFN7O4. The molecule has 0 aromatic carbocycles. The highest BCUT2D eigenvalue weighted by atomic mass is 35.5. The summed E-state index contributed by atoms with van der Waals surface area (Å²) < 4.78 is 15.3. The van der Waals surface area contributed by atoms with E-state index in [1.165, 1.54) is 0 Å². The largest absolute Gasteiger partial charge is 0.395 e. The number of hydrogen-bond acceptors (Lipinski definition) is 9. The van der Waals surface area contributed by atoms with E-state index in [1.807, 2.05) is 6.92 Å². The highest BCUT2D eigenvalue weighted by Crippen LogP contribution is 2.31. The van der Waals surface area contributed by atoms with E-state index < -0.39 is 17.6 Å². The molecule has 34 heavy (non-hydrogen) atoms. The predicted molar refractivity (Wildman–Crippen MR) is 124 cm³/mol. The minimum absolute atomic E-state index is 0.0258. The van der Waals surface area contributed by atoms with Crippen LogP contribution in [0.4, 0.5) is 16.0 Å². The lowest BCUT2D eigenvalue weighted by molar-refractivity contribution is -0.154. The van der Waals surface area contributed by atoms with Crippen LogP contribution in [0.1, 0.15) is 39.0 Å². The molecule has 0 spiro atoms. The molecule has 0 bridgehead atoms. The average molecular weight is 502 g/mol. The van der Waals surface area contributed by atoms with Gasteiger partial charge >= 0.3 is 0 Å². The molecule has 2 heterocycles. The Morgan fingerprint density at radius 3 is 2.74 bits per heavy atom. The number of aliphatic hydroxyl groups excluding tert-OH is 1. The Morgan fingerprint density at radius 1 is 1.35 bits per heavy atom. The molecule has 1 aliphatic heterocycles. The quantitative estimate of drug-likeness (QED) is 0.153. The lowest BCUT2D eigenvalue weighted by Gasteiger charge is -2.40. The molecule has 11 nitrogen and oxygen atoms in total. The summed E-state index contributed by atoms with van der Waals surface area (Å²) in [4.78, 5) is 35.5. The zero-order valence-corrected chi connectivity index (χ0v) is 20.0. The first kappa shape index (κ1) is 26.3. The molecule has 2 amide bonds. The number of aliphatic hydroxyl groups is 1. The van der Waals surface area contributed by atoms with Gasteiger partial charge in [-0.25, -0.2) is 5.06 Å². The number of carbonyl (C=O) groups excluding carboxylic acids is 2. The van der Waals surface area contributed by atoms with Crippen LogP contribution in [-0.2, 0) is 9.59 Å². The molecule has 1 aliphatic carbocycles. The molecule has 0 unspecified atom stereocenters. The Balaban J connectivity index is 1.69. The van der Waals surface area contributed by atoms with Crippen molar-refractivity contribution in [3.05, 3.63) is 11.1 Å². The van der Waals surface area contributed by atoms with Crippen molar-refractivity contribution in [1.29, 1.82) is 0 Å². The SMILES string of the molecule is C[C@@H]1CN(CCO)CCN1c1nc(Cl)nc(NNC(=O)[C@@H](CC2CCCC2)CN(O)C=O)c1F. The molecular weight excluding hydrogens is 469 g/mol. The summed E-state index contributed by atoms with van der Waals surface area (Å²) in [6, 6.07) is -0.0853. The van der Waals surface area contributed by atoms with E-state index in [4.69, 9.17) is 16.7 Å². The Bertz CT molecular complexity index is 846. The van der Waals surface area contributed by atoms with Crippen molar-refractivity contribution >= 4 is 35.6 Å². The molecule has 2 fully saturated rings. The summed E-state index contributed by atoms with van der Waals surface area (Å²) in [6.07, 6.45) is 4.92. The fourth-order valence-electron chi connectivity index (χ4n) is 4.78. The van der Waals surface area contributed by atoms with Crippen LogP contribution >= 0.6 is 11.6 Å². The number of carbonyl (C=O) groups is 2. The second-order valence-electron chi connectivity index (χ2n) is 8.97. The summed E-state index contributed by atoms with van der Waals surface area (Å²) in [5.74, 6) is -1.84. The molecule has 2 atom stereocenters. The molecule has 1 aromatic heterocycles. The lowest BCUT2D eigenvalue weighted by Crippen LogP contribution is -2.53. The van der Waals surface area contributed by atoms with Crippen molar-refractivity contribution in [3.8, 4) is 0 Å². The van der Waals surface area contributed by atoms with E-state index >= 15 is 4.39 Å². The van der Waals surface area contributed by atoms with Gasteiger partial charge in [-0.15, -0.1) is 0 Å². The van der Waals surface area contributed by atoms with E-state index in [0.717, 1.165) is 25.7 Å². The molecule has 190 valence electrons. The van der Waals surface area contributed by atoms with Crippen molar-refractivity contribution in [2.24, 2.45) is 11.8 Å². The third kappa shape index (κ3) is 6.87. The fraction of sp³-hybridized carbons (Fsp3) is 0.714. The predicted octanol–water partition coefficient (Wildman–Crippen LogP) is 1.26. The monoisotopic (exact) mass is 501 g/mol. The smallest absolute Gasteiger partial charge is 0.243 e. The van der Waals surface area contributed by atoms with Gasteiger partial charge in [-0.05, 0) is 30.9 Å². The average Bonchev–Trinajstić information content (AvgIpc) is 3.32. The second kappa shape index (κ2) is 12.4. The fourth-order valence-corrected chi connectivity index (χ4v) is 4.94. The number of hydrazine groups is 1. The van der Waals surface area contributed by atoms with E-state index in [0.29, 0.717) is 43.6 Å². The Kier molecular flexibility index (Phi) is 9.63. The summed E-state index contributed by atoms with van der Waals surface area (Å²) in [6.45, 7) is 4.09. The highest BCUT2D eigenvalue weighted by Gasteiger charge is 2.30. The first-order valence-corrected chi connectivity index (χ1v) is 12.0. The summed E-state index contributed by atoms with van der Waals surface area (Å²) in [7, 11) is 0. The van der Waals surface area contributed by atoms with Gasteiger partial charge in [0.1, 0.15) is 0 Å². The van der Waals surface area contributed by atoms with E-state index in [2.05, 4.69) is 25.7 Å². The van der Waals surface area contributed by atoms with Gasteiger partial charge in [0, 0.05) is 32.2 Å². The zero-order chi connectivity index (χ0) is 24.7. The maximum Gasteiger partial charge on any atom is 0.243 e. The Morgan fingerprint density at radius 2 is 2.09 bits per heavy atom. The van der Waals surface area contributed by atoms with Crippen molar-refractivity contribution < 1.29 is 24.3 Å². The van der Waals surface area contributed by atoms with Gasteiger partial charge in [0.2, 0.25) is 23.4 Å². The van der Waals surface area contributed by atoms with Crippen LogP contribution in [0, 0.1) is 17.7 Å². The van der Waals surface area contributed by atoms with Crippen molar-refractivity contribution in [2.45, 2.75) is 45.1 Å². The number of nitrogens with zero attached hydrogens (tertiary/aromatic N) is 5. The van der Waals surface area contributed by atoms with E-state index in [1.54, 1.807) is 4.90 Å². The summed E-state index contributed by atoms with van der Waals surface area (Å²) in [5.41, 5.74) is 4.95. The first-order chi connectivity index (χ1) is 16.3. The molecule has 1 aromatic rings. The number of β-amino-alcohol motifs (C(OH)–C–C–N with tert-alkyl or cyclic N) is 1. The lowest BCUT2D eigenvalue weighted by atomic mass is 9.92. The van der Waals surface area contributed by atoms with Gasteiger partial charge < -0.3 is 10.0 Å². The van der Waals surface area contributed by atoms with Gasteiger partial charge in [-0.1, -0.05) is 25.7 Å². The molecule has 0 radical (unpaired) electrons. The highest BCUT2D eigenvalue weighted by molar-refractivity contribution is 6.28. The van der Waals surface area contributed by atoms with Crippen LogP contribution in [0.25, 0.3) is 0 Å². The molecule has 2 aliphatic rings. The molecule has 4 N–H and O–H groups in total. The number of amides is 2. The van der Waals surface area contributed by atoms with Gasteiger partial charge in [-0.2, -0.15) is 14.4 Å². The van der Waals surface area contributed by atoms with Crippen LogP contribution < -0.4 is 15.8 Å². The van der Waals surface area contributed by atoms with Gasteiger partial charge in [0.15, 0.2) is 11.6 Å². The minimum atomic E-state index is -0.754. The zero-order valence-electron chi connectivity index (χ0n) is 19.3. The third-order valence-corrected chi connectivity index (χ3v) is 6.67. The number of nitrogens with one attached hydrogen (secondary N) is 2. The van der Waals surface area contributed by atoms with Gasteiger partial charge in [0.05, 0.1) is 19.1 Å². The third-order valence-electron chi connectivity index (χ3n) is 6.50.